The average molecular weight is 423 g/mol. The molecule has 3 aromatic carbocycles. The number of aromatic nitrogens is 2. The second-order valence-corrected chi connectivity index (χ2v) is 9.58. The lowest BCUT2D eigenvalue weighted by atomic mass is 9.92. The number of hydrogen-bond donors (Lipinski definition) is 1. The van der Waals surface area contributed by atoms with Gasteiger partial charge in [0, 0.05) is 35.6 Å². The minimum Gasteiger partial charge on any atom is -0.333 e. The molecule has 0 fully saturated rings. The van der Waals surface area contributed by atoms with Gasteiger partial charge in [0.25, 0.3) is 0 Å². The topological polar surface area (TPSA) is 53.6 Å². The van der Waals surface area contributed by atoms with Crippen LogP contribution in [0, 0.1) is 25.2 Å². The van der Waals surface area contributed by atoms with Gasteiger partial charge in [-0.15, -0.1) is 0 Å². The summed E-state index contributed by atoms with van der Waals surface area (Å²) >= 11 is 0. The van der Waals surface area contributed by atoms with Crippen molar-refractivity contribution in [2.24, 2.45) is 7.05 Å². The molecule has 4 heteroatoms. The molecule has 0 spiro atoms. The van der Waals surface area contributed by atoms with Crippen LogP contribution in [0.3, 0.4) is 0 Å². The molecule has 0 saturated carbocycles. The fraction of sp³-hybridized carbons (Fsp3) is 0.286. The molecule has 4 nitrogen and oxygen atoms in total. The zero-order chi connectivity index (χ0) is 23.0. The molecule has 0 amide bonds. The van der Waals surface area contributed by atoms with Crippen LogP contribution in [-0.4, -0.2) is 15.1 Å². The molecule has 1 N–H and O–H groups in total. The number of rotatable bonds is 4. The van der Waals surface area contributed by atoms with Gasteiger partial charge in [0.2, 0.25) is 0 Å². The summed E-state index contributed by atoms with van der Waals surface area (Å²) in [5, 5.41) is 15.2. The van der Waals surface area contributed by atoms with Crippen LogP contribution in [0.2, 0.25) is 0 Å². The van der Waals surface area contributed by atoms with Crippen molar-refractivity contribution in [1.82, 2.24) is 14.9 Å². The van der Waals surface area contributed by atoms with Crippen molar-refractivity contribution in [3.8, 4) is 28.6 Å². The van der Waals surface area contributed by atoms with Crippen LogP contribution in [0.1, 0.15) is 43.0 Å². The molecule has 1 heterocycles. The zero-order valence-corrected chi connectivity index (χ0v) is 19.7. The van der Waals surface area contributed by atoms with E-state index in [9.17, 15) is 5.26 Å². The van der Waals surface area contributed by atoms with Crippen LogP contribution >= 0.6 is 0 Å². The van der Waals surface area contributed by atoms with E-state index < -0.39 is 0 Å². The molecule has 0 aliphatic heterocycles. The predicted molar refractivity (Wildman–Crippen MR) is 132 cm³/mol. The van der Waals surface area contributed by atoms with Crippen LogP contribution in [-0.2, 0) is 13.6 Å². The molecule has 0 bridgehead atoms. The van der Waals surface area contributed by atoms with Crippen LogP contribution in [0.15, 0.2) is 54.9 Å². The van der Waals surface area contributed by atoms with Gasteiger partial charge in [0.05, 0.1) is 29.3 Å². The normalized spacial score (nSPS) is 11.7. The minimum absolute atomic E-state index is 0.0747. The lowest BCUT2D eigenvalue weighted by Gasteiger charge is -2.21. The zero-order valence-electron chi connectivity index (χ0n) is 19.7. The third-order valence-corrected chi connectivity index (χ3v) is 5.89. The average Bonchev–Trinajstić information content (AvgIpc) is 3.11. The lowest BCUT2D eigenvalue weighted by molar-refractivity contribution is 0.424. The third-order valence-electron chi connectivity index (χ3n) is 5.89. The van der Waals surface area contributed by atoms with Crippen LogP contribution < -0.4 is 5.32 Å². The van der Waals surface area contributed by atoms with E-state index in [4.69, 9.17) is 4.98 Å². The second kappa shape index (κ2) is 8.26. The Labute approximate surface area is 190 Å². The molecule has 1 aromatic heterocycles. The van der Waals surface area contributed by atoms with E-state index in [0.717, 1.165) is 34.3 Å². The van der Waals surface area contributed by atoms with Gasteiger partial charge >= 0.3 is 0 Å². The fourth-order valence-corrected chi connectivity index (χ4v) is 4.43. The lowest BCUT2D eigenvalue weighted by Crippen LogP contribution is -2.35. The van der Waals surface area contributed by atoms with Gasteiger partial charge in [-0.2, -0.15) is 5.26 Å². The Morgan fingerprint density at radius 2 is 1.66 bits per heavy atom. The van der Waals surface area contributed by atoms with Crippen molar-refractivity contribution < 1.29 is 0 Å². The quantitative estimate of drug-likeness (QED) is 0.421. The highest BCUT2D eigenvalue weighted by molar-refractivity contribution is 6.01. The van der Waals surface area contributed by atoms with E-state index in [0.29, 0.717) is 5.56 Å². The van der Waals surface area contributed by atoms with Gasteiger partial charge in [-0.1, -0.05) is 42.5 Å². The molecule has 0 radical (unpaired) electrons. The van der Waals surface area contributed by atoms with Gasteiger partial charge in [-0.3, -0.25) is 0 Å². The van der Waals surface area contributed by atoms with E-state index in [-0.39, 0.29) is 5.54 Å². The SMILES string of the molecule is Cc1cc(CNC(C)(C)C)cc(C)c1-c1ncn(C)c1-c1ccc(C#N)c2ccccc12. The third kappa shape index (κ3) is 4.04. The highest BCUT2D eigenvalue weighted by Gasteiger charge is 2.20. The number of imidazole rings is 1. The molecule has 4 aromatic rings. The minimum atomic E-state index is 0.0747. The van der Waals surface area contributed by atoms with Gasteiger partial charge in [0.1, 0.15) is 0 Å². The first kappa shape index (κ1) is 21.8. The number of aryl methyl sites for hydroxylation is 3. The maximum atomic E-state index is 9.56. The standard InChI is InChI=1S/C28H30N4/c1-18-13-20(16-31-28(3,4)5)14-19(2)25(18)26-27(32(6)17-30-26)24-12-11-21(15-29)22-9-7-8-10-23(22)24/h7-14,17,31H,16H2,1-6H3. The van der Waals surface area contributed by atoms with Gasteiger partial charge in [-0.25, -0.2) is 4.98 Å². The van der Waals surface area contributed by atoms with E-state index >= 15 is 0 Å². The molecule has 4 rings (SSSR count). The van der Waals surface area contributed by atoms with E-state index in [1.54, 1.807) is 0 Å². The summed E-state index contributed by atoms with van der Waals surface area (Å²) in [7, 11) is 2.03. The van der Waals surface area contributed by atoms with Gasteiger partial charge in [-0.05, 0) is 62.8 Å². The summed E-state index contributed by atoms with van der Waals surface area (Å²) in [4.78, 5) is 4.83. The first-order valence-corrected chi connectivity index (χ1v) is 11.0. The van der Waals surface area contributed by atoms with Crippen molar-refractivity contribution in [3.05, 3.63) is 77.1 Å². The Balaban J connectivity index is 1.87. The fourth-order valence-electron chi connectivity index (χ4n) is 4.43. The monoisotopic (exact) mass is 422 g/mol. The molecule has 0 atom stereocenters. The maximum absolute atomic E-state index is 9.56. The Hall–Kier alpha value is -3.42. The summed E-state index contributed by atoms with van der Waals surface area (Å²) in [5.74, 6) is 0. The Morgan fingerprint density at radius 1 is 1.00 bits per heavy atom. The molecule has 0 saturated heterocycles. The highest BCUT2D eigenvalue weighted by atomic mass is 15.0. The van der Waals surface area contributed by atoms with Crippen LogP contribution in [0.4, 0.5) is 0 Å². The largest absolute Gasteiger partial charge is 0.333 e. The molecule has 0 unspecified atom stereocenters. The maximum Gasteiger partial charge on any atom is 0.0998 e. The molecular weight excluding hydrogens is 392 g/mol. The van der Waals surface area contributed by atoms with Crippen molar-refractivity contribution in [2.45, 2.75) is 46.7 Å². The van der Waals surface area contributed by atoms with E-state index in [2.05, 4.69) is 68.8 Å². The Kier molecular flexibility index (Phi) is 5.62. The smallest absolute Gasteiger partial charge is 0.0998 e. The Morgan fingerprint density at radius 3 is 2.28 bits per heavy atom. The molecule has 0 aliphatic rings. The number of nitrogens with one attached hydrogen (secondary N) is 1. The second-order valence-electron chi connectivity index (χ2n) is 9.58. The van der Waals surface area contributed by atoms with Crippen molar-refractivity contribution >= 4 is 10.8 Å². The molecular formula is C28H30N4. The van der Waals surface area contributed by atoms with Crippen LogP contribution in [0.25, 0.3) is 33.3 Å². The predicted octanol–water partition coefficient (Wildman–Crippen LogP) is 6.28. The summed E-state index contributed by atoms with van der Waals surface area (Å²) in [6.45, 7) is 11.7. The van der Waals surface area contributed by atoms with Gasteiger partial charge in [0.15, 0.2) is 0 Å². The number of nitriles is 1. The number of benzene rings is 3. The highest BCUT2D eigenvalue weighted by Crippen LogP contribution is 2.38. The first-order chi connectivity index (χ1) is 15.2. The summed E-state index contributed by atoms with van der Waals surface area (Å²) in [6.07, 6.45) is 1.88. The van der Waals surface area contributed by atoms with Crippen molar-refractivity contribution in [1.29, 1.82) is 5.26 Å². The molecule has 162 valence electrons. The van der Waals surface area contributed by atoms with Crippen LogP contribution in [0.5, 0.6) is 0 Å². The summed E-state index contributed by atoms with van der Waals surface area (Å²) < 4.78 is 2.08. The summed E-state index contributed by atoms with van der Waals surface area (Å²) in [6, 6.07) is 18.9. The number of fused-ring (bicyclic) bond motifs is 1. The van der Waals surface area contributed by atoms with E-state index in [1.807, 2.05) is 43.7 Å². The number of hydrogen-bond acceptors (Lipinski definition) is 3. The Bertz CT molecular complexity index is 1320. The summed E-state index contributed by atoms with van der Waals surface area (Å²) in [5.41, 5.74) is 8.79. The number of nitrogens with zero attached hydrogens (tertiary/aromatic N) is 3. The van der Waals surface area contributed by atoms with E-state index in [1.165, 1.54) is 22.3 Å². The van der Waals surface area contributed by atoms with Crippen molar-refractivity contribution in [2.75, 3.05) is 0 Å². The molecule has 0 aliphatic carbocycles. The van der Waals surface area contributed by atoms with Gasteiger partial charge < -0.3 is 9.88 Å². The van der Waals surface area contributed by atoms with Crippen molar-refractivity contribution in [3.63, 3.8) is 0 Å². The first-order valence-electron chi connectivity index (χ1n) is 11.0. The molecule has 32 heavy (non-hydrogen) atoms.